The Morgan fingerprint density at radius 3 is 2.75 bits per heavy atom. The Morgan fingerprint density at radius 1 is 1.16 bits per heavy atom. The van der Waals surface area contributed by atoms with E-state index in [4.69, 9.17) is 0 Å². The highest BCUT2D eigenvalue weighted by atomic mass is 32.1. The standard InChI is InChI=1S/C22H24N6O3S/c1-16(18-5-2-3-8-23-18)25-19-7-6-17(15-20(19)28(30)31)21(29)26-10-4-11-27(13-12-26)22-24-9-14-32-22/h2-3,5-9,14-16,25H,4,10-13H2,1H3. The first-order valence-electron chi connectivity index (χ1n) is 10.4. The van der Waals surface area contributed by atoms with E-state index in [1.807, 2.05) is 30.5 Å². The van der Waals surface area contributed by atoms with E-state index in [9.17, 15) is 14.9 Å². The van der Waals surface area contributed by atoms with E-state index >= 15 is 0 Å². The van der Waals surface area contributed by atoms with E-state index in [2.05, 4.69) is 20.2 Å². The van der Waals surface area contributed by atoms with Gasteiger partial charge >= 0.3 is 0 Å². The van der Waals surface area contributed by atoms with E-state index < -0.39 is 4.92 Å². The summed E-state index contributed by atoms with van der Waals surface area (Å²) >= 11 is 1.58. The maximum atomic E-state index is 13.1. The van der Waals surface area contributed by atoms with Crippen LogP contribution in [-0.2, 0) is 0 Å². The number of hydrogen-bond acceptors (Lipinski definition) is 8. The van der Waals surface area contributed by atoms with Crippen molar-refractivity contribution in [2.45, 2.75) is 19.4 Å². The summed E-state index contributed by atoms with van der Waals surface area (Å²) in [5, 5.41) is 17.8. The summed E-state index contributed by atoms with van der Waals surface area (Å²) < 4.78 is 0. The molecule has 0 aliphatic carbocycles. The molecule has 1 atom stereocenters. The van der Waals surface area contributed by atoms with Crippen molar-refractivity contribution in [1.82, 2.24) is 14.9 Å². The van der Waals surface area contributed by atoms with Crippen LogP contribution in [0.25, 0.3) is 0 Å². The van der Waals surface area contributed by atoms with Crippen molar-refractivity contribution in [3.05, 3.63) is 75.5 Å². The Morgan fingerprint density at radius 2 is 2.03 bits per heavy atom. The second-order valence-corrected chi connectivity index (χ2v) is 8.43. The molecule has 3 heterocycles. The molecule has 1 fully saturated rings. The Hall–Kier alpha value is -3.53. The van der Waals surface area contributed by atoms with E-state index in [0.29, 0.717) is 30.9 Å². The van der Waals surface area contributed by atoms with Crippen LogP contribution >= 0.6 is 11.3 Å². The number of anilines is 2. The van der Waals surface area contributed by atoms with E-state index in [-0.39, 0.29) is 17.6 Å². The number of aromatic nitrogens is 2. The highest BCUT2D eigenvalue weighted by molar-refractivity contribution is 7.13. The molecule has 1 amide bonds. The molecule has 3 aromatic rings. The SMILES string of the molecule is CC(Nc1ccc(C(=O)N2CCCN(c3nccs3)CC2)cc1[N+](=O)[O-])c1ccccn1. The van der Waals surface area contributed by atoms with Crippen LogP contribution < -0.4 is 10.2 Å². The number of carbonyl (C=O) groups excluding carboxylic acids is 1. The molecule has 1 aliphatic heterocycles. The van der Waals surface area contributed by atoms with Crippen LogP contribution in [-0.4, -0.2) is 51.9 Å². The average Bonchev–Trinajstić information content (AvgIpc) is 3.24. The zero-order valence-electron chi connectivity index (χ0n) is 17.7. The molecule has 1 N–H and O–H groups in total. The zero-order chi connectivity index (χ0) is 22.5. The van der Waals surface area contributed by atoms with Gasteiger partial charge in [0.2, 0.25) is 0 Å². The maximum absolute atomic E-state index is 13.1. The molecule has 2 aromatic heterocycles. The Kier molecular flexibility index (Phi) is 6.60. The first-order valence-corrected chi connectivity index (χ1v) is 11.3. The van der Waals surface area contributed by atoms with E-state index in [1.54, 1.807) is 40.8 Å². The second kappa shape index (κ2) is 9.73. The molecule has 1 unspecified atom stereocenters. The van der Waals surface area contributed by atoms with Gasteiger partial charge in [0.15, 0.2) is 5.13 Å². The summed E-state index contributed by atoms with van der Waals surface area (Å²) in [5.74, 6) is -0.196. The number of pyridine rings is 1. The molecule has 0 saturated carbocycles. The predicted molar refractivity (Wildman–Crippen MR) is 124 cm³/mol. The summed E-state index contributed by atoms with van der Waals surface area (Å²) in [5.41, 5.74) is 1.32. The molecule has 9 nitrogen and oxygen atoms in total. The van der Waals surface area contributed by atoms with Crippen molar-refractivity contribution < 1.29 is 9.72 Å². The molecule has 32 heavy (non-hydrogen) atoms. The topological polar surface area (TPSA) is 105 Å². The third-order valence-corrected chi connectivity index (χ3v) is 6.25. The van der Waals surface area contributed by atoms with Crippen LogP contribution in [0.1, 0.15) is 35.4 Å². The monoisotopic (exact) mass is 452 g/mol. The molecule has 1 saturated heterocycles. The van der Waals surface area contributed by atoms with Gasteiger partial charge in [0.05, 0.1) is 16.7 Å². The number of nitrogens with zero attached hydrogens (tertiary/aromatic N) is 5. The number of nitro groups is 1. The summed E-state index contributed by atoms with van der Waals surface area (Å²) in [6, 6.07) is 9.93. The Bertz CT molecular complexity index is 1080. The number of rotatable bonds is 6. The van der Waals surface area contributed by atoms with Crippen LogP contribution in [0.4, 0.5) is 16.5 Å². The van der Waals surface area contributed by atoms with Crippen molar-refractivity contribution in [3.63, 3.8) is 0 Å². The van der Waals surface area contributed by atoms with Gasteiger partial charge in [0.25, 0.3) is 11.6 Å². The first-order chi connectivity index (χ1) is 15.5. The van der Waals surface area contributed by atoms with Crippen LogP contribution in [0.15, 0.2) is 54.2 Å². The minimum atomic E-state index is -0.461. The molecule has 10 heteroatoms. The van der Waals surface area contributed by atoms with Crippen LogP contribution in [0.5, 0.6) is 0 Å². The third-order valence-electron chi connectivity index (χ3n) is 5.42. The van der Waals surface area contributed by atoms with Gasteiger partial charge in [-0.15, -0.1) is 11.3 Å². The Balaban J connectivity index is 1.49. The van der Waals surface area contributed by atoms with Crippen molar-refractivity contribution in [3.8, 4) is 0 Å². The van der Waals surface area contributed by atoms with Gasteiger partial charge in [-0.2, -0.15) is 0 Å². The number of carbonyl (C=O) groups is 1. The van der Waals surface area contributed by atoms with Gasteiger partial charge in [-0.05, 0) is 37.6 Å². The minimum Gasteiger partial charge on any atom is -0.371 e. The lowest BCUT2D eigenvalue weighted by Gasteiger charge is -2.22. The van der Waals surface area contributed by atoms with Gasteiger partial charge in [0.1, 0.15) is 5.69 Å². The first kappa shape index (κ1) is 21.7. The van der Waals surface area contributed by atoms with Crippen molar-refractivity contribution in [2.24, 2.45) is 0 Å². The summed E-state index contributed by atoms with van der Waals surface area (Å²) in [7, 11) is 0. The minimum absolute atomic E-state index is 0.127. The third kappa shape index (κ3) is 4.86. The lowest BCUT2D eigenvalue weighted by molar-refractivity contribution is -0.384. The largest absolute Gasteiger partial charge is 0.371 e. The summed E-state index contributed by atoms with van der Waals surface area (Å²) in [6.45, 7) is 4.54. The van der Waals surface area contributed by atoms with Gasteiger partial charge in [0, 0.05) is 55.6 Å². The van der Waals surface area contributed by atoms with Gasteiger partial charge in [-0.25, -0.2) is 4.98 Å². The molecule has 1 aliphatic rings. The quantitative estimate of drug-likeness (QED) is 0.446. The fourth-order valence-electron chi connectivity index (χ4n) is 3.74. The van der Waals surface area contributed by atoms with Crippen LogP contribution in [0.2, 0.25) is 0 Å². The van der Waals surface area contributed by atoms with Crippen LogP contribution in [0, 0.1) is 10.1 Å². The molecular weight excluding hydrogens is 428 g/mol. The van der Waals surface area contributed by atoms with Crippen molar-refractivity contribution in [2.75, 3.05) is 36.4 Å². The van der Waals surface area contributed by atoms with Gasteiger partial charge < -0.3 is 15.1 Å². The second-order valence-electron chi connectivity index (χ2n) is 7.56. The fourth-order valence-corrected chi connectivity index (χ4v) is 4.44. The number of nitro benzene ring substituents is 1. The number of nitrogens with one attached hydrogen (secondary N) is 1. The van der Waals surface area contributed by atoms with Crippen molar-refractivity contribution >= 4 is 33.8 Å². The molecule has 0 spiro atoms. The lowest BCUT2D eigenvalue weighted by Crippen LogP contribution is -2.35. The van der Waals surface area contributed by atoms with Gasteiger partial charge in [-0.1, -0.05) is 6.07 Å². The number of thiazole rings is 1. The molecule has 4 rings (SSSR count). The fraction of sp³-hybridized carbons (Fsp3) is 0.318. The lowest BCUT2D eigenvalue weighted by atomic mass is 10.1. The molecule has 0 bridgehead atoms. The highest BCUT2D eigenvalue weighted by Gasteiger charge is 2.24. The van der Waals surface area contributed by atoms with E-state index in [0.717, 1.165) is 23.8 Å². The normalized spacial score (nSPS) is 15.2. The predicted octanol–water partition coefficient (Wildman–Crippen LogP) is 3.97. The average molecular weight is 453 g/mol. The van der Waals surface area contributed by atoms with Crippen molar-refractivity contribution in [1.29, 1.82) is 0 Å². The molecule has 1 aromatic carbocycles. The number of hydrogen-bond donors (Lipinski definition) is 1. The number of benzene rings is 1. The number of amides is 1. The molecular formula is C22H24N6O3S. The highest BCUT2D eigenvalue weighted by Crippen LogP contribution is 2.29. The zero-order valence-corrected chi connectivity index (χ0v) is 18.5. The van der Waals surface area contributed by atoms with E-state index in [1.165, 1.54) is 6.07 Å². The maximum Gasteiger partial charge on any atom is 0.293 e. The summed E-state index contributed by atoms with van der Waals surface area (Å²) in [4.78, 5) is 37.0. The van der Waals surface area contributed by atoms with Crippen LogP contribution in [0.3, 0.4) is 0 Å². The Labute approximate surface area is 189 Å². The molecule has 166 valence electrons. The smallest absolute Gasteiger partial charge is 0.293 e. The van der Waals surface area contributed by atoms with Gasteiger partial charge in [-0.3, -0.25) is 19.9 Å². The molecule has 0 radical (unpaired) electrons. The summed E-state index contributed by atoms with van der Waals surface area (Å²) in [6.07, 6.45) is 4.27.